The number of nitrogens with zero attached hydrogens (tertiary/aromatic N) is 2. The van der Waals surface area contributed by atoms with Gasteiger partial charge in [0.05, 0.1) is 16.7 Å². The minimum atomic E-state index is -0.866. The first kappa shape index (κ1) is 20.3. The molecule has 0 bridgehead atoms. The Labute approximate surface area is 187 Å². The molecular formula is C24H17N3O6. The summed E-state index contributed by atoms with van der Waals surface area (Å²) in [5, 5.41) is 17.1. The number of para-hydroxylation sites is 1. The standard InChI is InChI=1S/C24H17N3O6/c28-24(23-14-31-21-11-15-5-1-2-6-16(15)12-22(21)33-23)26-25-13-17-9-10-20(32-17)18-7-3-4-8-19(18)27(29)30/h1-13,23H,14H2,(H,26,28)/b25-13+/t23-/m1/s1. The van der Waals surface area contributed by atoms with Crippen molar-refractivity contribution in [2.24, 2.45) is 5.10 Å². The number of hydrogen-bond donors (Lipinski definition) is 1. The summed E-state index contributed by atoms with van der Waals surface area (Å²) in [7, 11) is 0. The molecule has 0 radical (unpaired) electrons. The number of fused-ring (bicyclic) bond motifs is 2. The summed E-state index contributed by atoms with van der Waals surface area (Å²) in [4.78, 5) is 23.2. The number of nitrogens with one attached hydrogen (secondary N) is 1. The molecule has 33 heavy (non-hydrogen) atoms. The smallest absolute Gasteiger partial charge is 0.284 e. The third-order valence-electron chi connectivity index (χ3n) is 5.12. The van der Waals surface area contributed by atoms with Gasteiger partial charge in [0.15, 0.2) is 11.5 Å². The lowest BCUT2D eigenvalue weighted by Gasteiger charge is -2.25. The van der Waals surface area contributed by atoms with Gasteiger partial charge in [0.25, 0.3) is 11.6 Å². The van der Waals surface area contributed by atoms with E-state index in [-0.39, 0.29) is 12.3 Å². The lowest BCUT2D eigenvalue weighted by Crippen LogP contribution is -2.42. The van der Waals surface area contributed by atoms with Crippen molar-refractivity contribution in [3.63, 3.8) is 0 Å². The zero-order chi connectivity index (χ0) is 22.8. The largest absolute Gasteiger partial charge is 0.485 e. The van der Waals surface area contributed by atoms with Crippen LogP contribution in [0.5, 0.6) is 11.5 Å². The number of nitro groups is 1. The maximum absolute atomic E-state index is 12.5. The van der Waals surface area contributed by atoms with E-state index in [1.165, 1.54) is 12.3 Å². The molecule has 1 atom stereocenters. The molecule has 4 aromatic rings. The molecule has 1 aliphatic rings. The van der Waals surface area contributed by atoms with Crippen LogP contribution in [-0.4, -0.2) is 29.8 Å². The highest BCUT2D eigenvalue weighted by Gasteiger charge is 2.27. The van der Waals surface area contributed by atoms with Gasteiger partial charge in [-0.15, -0.1) is 0 Å². The predicted molar refractivity (Wildman–Crippen MR) is 120 cm³/mol. The number of hydrazone groups is 1. The second-order valence-electron chi connectivity index (χ2n) is 7.27. The monoisotopic (exact) mass is 443 g/mol. The zero-order valence-electron chi connectivity index (χ0n) is 17.1. The van der Waals surface area contributed by atoms with E-state index in [1.807, 2.05) is 36.4 Å². The quantitative estimate of drug-likeness (QED) is 0.279. The third-order valence-corrected chi connectivity index (χ3v) is 5.12. The Bertz CT molecular complexity index is 1390. The molecule has 0 aliphatic carbocycles. The fraction of sp³-hybridized carbons (Fsp3) is 0.0833. The van der Waals surface area contributed by atoms with Crippen LogP contribution in [0.15, 0.2) is 82.3 Å². The minimum absolute atomic E-state index is 0.0509. The van der Waals surface area contributed by atoms with Gasteiger partial charge in [-0.25, -0.2) is 5.43 Å². The van der Waals surface area contributed by atoms with Crippen LogP contribution in [-0.2, 0) is 4.79 Å². The molecule has 1 aromatic heterocycles. The van der Waals surface area contributed by atoms with Crippen molar-refractivity contribution in [2.45, 2.75) is 6.10 Å². The minimum Gasteiger partial charge on any atom is -0.485 e. The molecule has 0 saturated heterocycles. The van der Waals surface area contributed by atoms with Crippen LogP contribution in [0, 0.1) is 10.1 Å². The average molecular weight is 443 g/mol. The van der Waals surface area contributed by atoms with E-state index in [0.29, 0.717) is 28.6 Å². The lowest BCUT2D eigenvalue weighted by molar-refractivity contribution is -0.384. The van der Waals surface area contributed by atoms with E-state index in [1.54, 1.807) is 30.3 Å². The van der Waals surface area contributed by atoms with Crippen molar-refractivity contribution in [1.29, 1.82) is 0 Å². The maximum atomic E-state index is 12.5. The van der Waals surface area contributed by atoms with Crippen LogP contribution in [0.1, 0.15) is 5.76 Å². The molecule has 0 fully saturated rings. The maximum Gasteiger partial charge on any atom is 0.284 e. The van der Waals surface area contributed by atoms with Gasteiger partial charge in [-0.1, -0.05) is 36.4 Å². The van der Waals surface area contributed by atoms with Gasteiger partial charge in [-0.3, -0.25) is 14.9 Å². The number of amides is 1. The molecule has 9 nitrogen and oxygen atoms in total. The first-order valence-corrected chi connectivity index (χ1v) is 10.1. The van der Waals surface area contributed by atoms with Gasteiger partial charge in [-0.05, 0) is 41.1 Å². The number of ether oxygens (including phenoxy) is 2. The Hall–Kier alpha value is -4.66. The zero-order valence-corrected chi connectivity index (χ0v) is 17.1. The first-order chi connectivity index (χ1) is 16.1. The Morgan fingerprint density at radius 1 is 1.03 bits per heavy atom. The van der Waals surface area contributed by atoms with Crippen LogP contribution in [0.3, 0.4) is 0 Å². The van der Waals surface area contributed by atoms with Crippen LogP contribution >= 0.6 is 0 Å². The summed E-state index contributed by atoms with van der Waals surface area (Å²) < 4.78 is 17.1. The van der Waals surface area contributed by atoms with Gasteiger partial charge in [0.1, 0.15) is 18.1 Å². The van der Waals surface area contributed by atoms with Crippen molar-refractivity contribution in [3.8, 4) is 22.8 Å². The molecule has 1 amide bonds. The van der Waals surface area contributed by atoms with Gasteiger partial charge in [0.2, 0.25) is 6.10 Å². The molecule has 1 aliphatic heterocycles. The summed E-state index contributed by atoms with van der Waals surface area (Å²) in [6.07, 6.45) is 0.441. The van der Waals surface area contributed by atoms with Crippen molar-refractivity contribution in [1.82, 2.24) is 5.43 Å². The van der Waals surface area contributed by atoms with Crippen LogP contribution < -0.4 is 14.9 Å². The number of nitro benzene ring substituents is 1. The van der Waals surface area contributed by atoms with Crippen molar-refractivity contribution >= 4 is 28.6 Å². The number of hydrogen-bond acceptors (Lipinski definition) is 7. The third kappa shape index (κ3) is 4.11. The molecule has 3 aromatic carbocycles. The number of carbonyl (C=O) groups is 1. The summed E-state index contributed by atoms with van der Waals surface area (Å²) in [5.74, 6) is 1.24. The van der Waals surface area contributed by atoms with E-state index in [2.05, 4.69) is 10.5 Å². The lowest BCUT2D eigenvalue weighted by atomic mass is 10.1. The van der Waals surface area contributed by atoms with Crippen molar-refractivity contribution in [3.05, 3.63) is 88.7 Å². The molecule has 0 saturated carbocycles. The van der Waals surface area contributed by atoms with E-state index in [9.17, 15) is 14.9 Å². The normalized spacial score (nSPS) is 15.0. The highest BCUT2D eigenvalue weighted by atomic mass is 16.6. The fourth-order valence-corrected chi connectivity index (χ4v) is 3.53. The second-order valence-corrected chi connectivity index (χ2v) is 7.27. The van der Waals surface area contributed by atoms with Gasteiger partial charge >= 0.3 is 0 Å². The topological polar surface area (TPSA) is 116 Å². The Morgan fingerprint density at radius 3 is 2.55 bits per heavy atom. The number of furan rings is 1. The van der Waals surface area contributed by atoms with Crippen molar-refractivity contribution < 1.29 is 23.6 Å². The summed E-state index contributed by atoms with van der Waals surface area (Å²) in [5.41, 5.74) is 2.69. The summed E-state index contributed by atoms with van der Waals surface area (Å²) >= 11 is 0. The predicted octanol–water partition coefficient (Wildman–Crippen LogP) is 4.30. The van der Waals surface area contributed by atoms with E-state index >= 15 is 0 Å². The Kier molecular flexibility index (Phi) is 5.19. The fourth-order valence-electron chi connectivity index (χ4n) is 3.53. The molecule has 5 rings (SSSR count). The van der Waals surface area contributed by atoms with Crippen LogP contribution in [0.4, 0.5) is 5.69 Å². The summed E-state index contributed by atoms with van der Waals surface area (Å²) in [6.45, 7) is 0.0509. The number of rotatable bonds is 5. The number of carbonyl (C=O) groups excluding carboxylic acids is 1. The van der Waals surface area contributed by atoms with E-state index in [0.717, 1.165) is 10.8 Å². The molecule has 164 valence electrons. The van der Waals surface area contributed by atoms with Gasteiger partial charge < -0.3 is 13.9 Å². The Balaban J connectivity index is 1.24. The second kappa shape index (κ2) is 8.46. The molecular weight excluding hydrogens is 426 g/mol. The van der Waals surface area contributed by atoms with Crippen molar-refractivity contribution in [2.75, 3.05) is 6.61 Å². The molecule has 1 N–H and O–H groups in total. The van der Waals surface area contributed by atoms with Gasteiger partial charge in [0, 0.05) is 6.07 Å². The average Bonchev–Trinajstić information content (AvgIpc) is 3.31. The SMILES string of the molecule is O=C(N/N=C/c1ccc(-c2ccccc2[N+](=O)[O-])o1)[C@H]1COc2cc3ccccc3cc2O1. The number of benzene rings is 3. The highest BCUT2D eigenvalue weighted by Crippen LogP contribution is 2.36. The van der Waals surface area contributed by atoms with E-state index < -0.39 is 16.9 Å². The molecule has 0 unspecified atom stereocenters. The molecule has 0 spiro atoms. The van der Waals surface area contributed by atoms with Crippen LogP contribution in [0.25, 0.3) is 22.1 Å². The highest BCUT2D eigenvalue weighted by molar-refractivity contribution is 5.88. The Morgan fingerprint density at radius 2 is 1.76 bits per heavy atom. The van der Waals surface area contributed by atoms with E-state index in [4.69, 9.17) is 13.9 Å². The molecule has 2 heterocycles. The molecule has 9 heteroatoms. The summed E-state index contributed by atoms with van der Waals surface area (Å²) in [6, 6.07) is 21.0. The van der Waals surface area contributed by atoms with Crippen LogP contribution in [0.2, 0.25) is 0 Å². The first-order valence-electron chi connectivity index (χ1n) is 10.1. The van der Waals surface area contributed by atoms with Gasteiger partial charge in [-0.2, -0.15) is 5.10 Å².